The summed E-state index contributed by atoms with van der Waals surface area (Å²) in [5, 5.41) is 16.9. The van der Waals surface area contributed by atoms with E-state index in [1.807, 2.05) is 0 Å². The van der Waals surface area contributed by atoms with Crippen molar-refractivity contribution in [1.29, 1.82) is 0 Å². The van der Waals surface area contributed by atoms with Gasteiger partial charge >= 0.3 is 5.97 Å². The zero-order chi connectivity index (χ0) is 11.8. The summed E-state index contributed by atoms with van der Waals surface area (Å²) in [6.45, 7) is 6.16. The monoisotopic (exact) mass is 216 g/mol. The second kappa shape index (κ2) is 7.69. The van der Waals surface area contributed by atoms with Crippen LogP contribution in [0.4, 0.5) is 0 Å². The van der Waals surface area contributed by atoms with Crippen LogP contribution >= 0.6 is 0 Å². The number of aliphatic hydroxyl groups is 1. The van der Waals surface area contributed by atoms with Crippen molar-refractivity contribution in [3.05, 3.63) is 0 Å². The van der Waals surface area contributed by atoms with Crippen LogP contribution in [0.25, 0.3) is 0 Å². The first-order valence-electron chi connectivity index (χ1n) is 5.87. The largest absolute Gasteiger partial charge is 0.481 e. The highest BCUT2D eigenvalue weighted by Gasteiger charge is 2.21. The topological polar surface area (TPSA) is 57.5 Å². The molecule has 1 saturated carbocycles. The first kappa shape index (κ1) is 14.4. The Morgan fingerprint density at radius 3 is 1.93 bits per heavy atom. The van der Waals surface area contributed by atoms with Crippen LogP contribution in [-0.4, -0.2) is 22.3 Å². The molecule has 0 amide bonds. The molecule has 0 spiro atoms. The van der Waals surface area contributed by atoms with E-state index in [2.05, 4.69) is 13.8 Å². The minimum Gasteiger partial charge on any atom is -0.481 e. The van der Waals surface area contributed by atoms with Gasteiger partial charge in [0.15, 0.2) is 0 Å². The van der Waals surface area contributed by atoms with Gasteiger partial charge in [-0.25, -0.2) is 0 Å². The highest BCUT2D eigenvalue weighted by Crippen LogP contribution is 2.29. The Hall–Kier alpha value is -0.570. The van der Waals surface area contributed by atoms with E-state index in [4.69, 9.17) is 5.11 Å². The molecule has 0 aliphatic heterocycles. The van der Waals surface area contributed by atoms with E-state index < -0.39 is 5.97 Å². The van der Waals surface area contributed by atoms with E-state index in [1.165, 1.54) is 12.8 Å². The van der Waals surface area contributed by atoms with Crippen molar-refractivity contribution >= 4 is 5.97 Å². The van der Waals surface area contributed by atoms with Gasteiger partial charge in [-0.15, -0.1) is 0 Å². The zero-order valence-electron chi connectivity index (χ0n) is 10.1. The van der Waals surface area contributed by atoms with Crippen LogP contribution < -0.4 is 0 Å². The molecule has 3 heteroatoms. The average Bonchev–Trinajstić information content (AvgIpc) is 2.19. The van der Waals surface area contributed by atoms with E-state index >= 15 is 0 Å². The van der Waals surface area contributed by atoms with Crippen LogP contribution in [-0.2, 0) is 4.79 Å². The van der Waals surface area contributed by atoms with E-state index in [-0.39, 0.29) is 12.5 Å². The molecule has 0 heterocycles. The van der Waals surface area contributed by atoms with Gasteiger partial charge in [-0.2, -0.15) is 0 Å². The SMILES string of the molecule is CC(C)C1CCC(O)CC1.CCC(=O)O. The zero-order valence-corrected chi connectivity index (χ0v) is 10.1. The van der Waals surface area contributed by atoms with Gasteiger partial charge in [-0.3, -0.25) is 4.79 Å². The van der Waals surface area contributed by atoms with E-state index in [0.717, 1.165) is 24.7 Å². The summed E-state index contributed by atoms with van der Waals surface area (Å²) in [5.41, 5.74) is 0. The summed E-state index contributed by atoms with van der Waals surface area (Å²) < 4.78 is 0. The summed E-state index contributed by atoms with van der Waals surface area (Å²) in [5.74, 6) is 0.945. The minimum atomic E-state index is -0.745. The highest BCUT2D eigenvalue weighted by atomic mass is 16.4. The minimum absolute atomic E-state index is 0.00926. The van der Waals surface area contributed by atoms with Gasteiger partial charge in [0, 0.05) is 6.42 Å². The molecule has 90 valence electrons. The molecule has 3 nitrogen and oxygen atoms in total. The first-order valence-corrected chi connectivity index (χ1v) is 5.87. The molecule has 2 N–H and O–H groups in total. The van der Waals surface area contributed by atoms with Crippen molar-refractivity contribution in [3.8, 4) is 0 Å². The molecule has 0 aromatic rings. The van der Waals surface area contributed by atoms with E-state index in [9.17, 15) is 9.90 Å². The van der Waals surface area contributed by atoms with Gasteiger partial charge < -0.3 is 10.2 Å². The normalized spacial score (nSPS) is 25.7. The maximum Gasteiger partial charge on any atom is 0.303 e. The predicted molar refractivity (Wildman–Crippen MR) is 60.7 cm³/mol. The summed E-state index contributed by atoms with van der Waals surface area (Å²) in [6, 6.07) is 0. The van der Waals surface area contributed by atoms with Crippen molar-refractivity contribution in [3.63, 3.8) is 0 Å². The molecule has 1 aliphatic rings. The van der Waals surface area contributed by atoms with Crippen LogP contribution in [0.15, 0.2) is 0 Å². The lowest BCUT2D eigenvalue weighted by Crippen LogP contribution is -2.21. The Bertz CT molecular complexity index is 170. The molecule has 0 unspecified atom stereocenters. The number of carbonyl (C=O) groups is 1. The molecule has 1 aliphatic carbocycles. The lowest BCUT2D eigenvalue weighted by molar-refractivity contribution is -0.136. The third kappa shape index (κ3) is 7.37. The van der Waals surface area contributed by atoms with Crippen LogP contribution in [0.2, 0.25) is 0 Å². The van der Waals surface area contributed by atoms with Gasteiger partial charge in [-0.1, -0.05) is 20.8 Å². The fourth-order valence-electron chi connectivity index (χ4n) is 1.77. The quantitative estimate of drug-likeness (QED) is 0.746. The number of aliphatic hydroxyl groups excluding tert-OH is 1. The molecule has 0 bridgehead atoms. The molecule has 0 aromatic carbocycles. The smallest absolute Gasteiger partial charge is 0.303 e. The number of aliphatic carboxylic acids is 1. The molecule has 0 radical (unpaired) electrons. The molecule has 1 fully saturated rings. The van der Waals surface area contributed by atoms with Crippen LogP contribution in [0.1, 0.15) is 52.9 Å². The van der Waals surface area contributed by atoms with Crippen molar-refractivity contribution < 1.29 is 15.0 Å². The maximum atomic E-state index is 9.37. The van der Waals surface area contributed by atoms with Crippen LogP contribution in [0.3, 0.4) is 0 Å². The second-order valence-corrected chi connectivity index (χ2v) is 4.56. The van der Waals surface area contributed by atoms with Gasteiger partial charge in [0.1, 0.15) is 0 Å². The lowest BCUT2D eigenvalue weighted by atomic mass is 9.81. The third-order valence-corrected chi connectivity index (χ3v) is 2.99. The molecule has 15 heavy (non-hydrogen) atoms. The number of hydrogen-bond donors (Lipinski definition) is 2. The Morgan fingerprint density at radius 2 is 1.67 bits per heavy atom. The number of carboxylic acids is 1. The Balaban J connectivity index is 0.000000336. The molecule has 0 atom stereocenters. The van der Waals surface area contributed by atoms with E-state index in [1.54, 1.807) is 6.92 Å². The Morgan fingerprint density at radius 1 is 1.27 bits per heavy atom. The average molecular weight is 216 g/mol. The third-order valence-electron chi connectivity index (χ3n) is 2.99. The standard InChI is InChI=1S/C9H18O.C3H6O2/c1-7(2)8-3-5-9(10)6-4-8;1-2-3(4)5/h7-10H,3-6H2,1-2H3;2H2,1H3,(H,4,5). The fourth-order valence-corrected chi connectivity index (χ4v) is 1.77. The highest BCUT2D eigenvalue weighted by molar-refractivity contribution is 5.66. The van der Waals surface area contributed by atoms with Gasteiger partial charge in [-0.05, 0) is 37.5 Å². The summed E-state index contributed by atoms with van der Waals surface area (Å²) in [6.07, 6.45) is 4.76. The number of rotatable bonds is 2. The Labute approximate surface area is 92.5 Å². The fraction of sp³-hybridized carbons (Fsp3) is 0.917. The number of hydrogen-bond acceptors (Lipinski definition) is 2. The lowest BCUT2D eigenvalue weighted by Gasteiger charge is -2.27. The molecule has 0 aromatic heterocycles. The Kier molecular flexibility index (Phi) is 7.39. The van der Waals surface area contributed by atoms with E-state index in [0.29, 0.717) is 0 Å². The van der Waals surface area contributed by atoms with Crippen LogP contribution in [0.5, 0.6) is 0 Å². The number of carboxylic acid groups (broad SMARTS) is 1. The summed E-state index contributed by atoms with van der Waals surface area (Å²) in [4.78, 5) is 9.37. The van der Waals surface area contributed by atoms with Gasteiger partial charge in [0.25, 0.3) is 0 Å². The van der Waals surface area contributed by atoms with Crippen molar-refractivity contribution in [2.24, 2.45) is 11.8 Å². The predicted octanol–water partition coefficient (Wildman–Crippen LogP) is 2.67. The molecular weight excluding hydrogens is 192 g/mol. The summed E-state index contributed by atoms with van der Waals surface area (Å²) >= 11 is 0. The molecule has 1 rings (SSSR count). The van der Waals surface area contributed by atoms with Gasteiger partial charge in [0.2, 0.25) is 0 Å². The van der Waals surface area contributed by atoms with Crippen molar-refractivity contribution in [2.45, 2.75) is 59.0 Å². The van der Waals surface area contributed by atoms with Gasteiger partial charge in [0.05, 0.1) is 6.10 Å². The first-order chi connectivity index (χ1) is 6.97. The molecule has 0 saturated heterocycles. The summed E-state index contributed by atoms with van der Waals surface area (Å²) in [7, 11) is 0. The van der Waals surface area contributed by atoms with Crippen molar-refractivity contribution in [1.82, 2.24) is 0 Å². The second-order valence-electron chi connectivity index (χ2n) is 4.56. The van der Waals surface area contributed by atoms with Crippen LogP contribution in [0, 0.1) is 11.8 Å². The van der Waals surface area contributed by atoms with Crippen molar-refractivity contribution in [2.75, 3.05) is 0 Å². The molecular formula is C12H24O3. The maximum absolute atomic E-state index is 9.37.